The van der Waals surface area contributed by atoms with Crippen LogP contribution in [0.2, 0.25) is 5.02 Å². The van der Waals surface area contributed by atoms with Gasteiger partial charge in [-0.1, -0.05) is 29.8 Å². The molecule has 6 aliphatic rings. The van der Waals surface area contributed by atoms with Crippen molar-refractivity contribution in [3.8, 4) is 0 Å². The van der Waals surface area contributed by atoms with Gasteiger partial charge in [0.2, 0.25) is 0 Å². The van der Waals surface area contributed by atoms with Gasteiger partial charge in [-0.05, 0) is 106 Å². The molecular formula is C36H41ClF2N4OS. The minimum absolute atomic E-state index is 0.145. The van der Waals surface area contributed by atoms with E-state index in [1.807, 2.05) is 12.2 Å². The lowest BCUT2D eigenvalue weighted by atomic mass is 9.85. The van der Waals surface area contributed by atoms with Crippen LogP contribution in [0.1, 0.15) is 57.1 Å². The number of hydrogen-bond donors (Lipinski definition) is 2. The highest BCUT2D eigenvalue weighted by Crippen LogP contribution is 2.48. The summed E-state index contributed by atoms with van der Waals surface area (Å²) in [6, 6.07) is 4.46. The van der Waals surface area contributed by atoms with Gasteiger partial charge in [0.15, 0.2) is 0 Å². The quantitative estimate of drug-likeness (QED) is 0.255. The Morgan fingerprint density at radius 3 is 2.84 bits per heavy atom. The molecule has 1 saturated heterocycles. The summed E-state index contributed by atoms with van der Waals surface area (Å²) < 4.78 is 28.1. The van der Waals surface area contributed by atoms with Crippen LogP contribution in [-0.4, -0.2) is 58.2 Å². The van der Waals surface area contributed by atoms with Crippen molar-refractivity contribution in [1.82, 2.24) is 10.2 Å². The molecule has 7 unspecified atom stereocenters. The number of rotatable bonds is 10. The van der Waals surface area contributed by atoms with Crippen LogP contribution in [0.5, 0.6) is 0 Å². The average molecular weight is 651 g/mol. The third kappa shape index (κ3) is 6.04. The number of hydrogen-bond acceptors (Lipinski definition) is 6. The predicted octanol–water partition coefficient (Wildman–Crippen LogP) is 7.72. The summed E-state index contributed by atoms with van der Waals surface area (Å²) >= 11 is 8.49. The molecule has 0 amide bonds. The second kappa shape index (κ2) is 12.9. The fraction of sp³-hybridized carbons (Fsp3) is 0.500. The maximum absolute atomic E-state index is 14.2. The van der Waals surface area contributed by atoms with Crippen LogP contribution in [0.15, 0.2) is 87.5 Å². The predicted molar refractivity (Wildman–Crippen MR) is 181 cm³/mol. The van der Waals surface area contributed by atoms with Gasteiger partial charge in [0, 0.05) is 40.4 Å². The molecule has 9 heteroatoms. The van der Waals surface area contributed by atoms with Gasteiger partial charge in [-0.25, -0.2) is 13.8 Å². The van der Waals surface area contributed by atoms with Crippen LogP contribution < -0.4 is 5.32 Å². The summed E-state index contributed by atoms with van der Waals surface area (Å²) in [4.78, 5) is 12.6. The maximum atomic E-state index is 14.2. The number of allylic oxidation sites excluding steroid dienone is 6. The van der Waals surface area contributed by atoms with Gasteiger partial charge >= 0.3 is 0 Å². The zero-order chi connectivity index (χ0) is 31.2. The van der Waals surface area contributed by atoms with Crippen molar-refractivity contribution in [2.75, 3.05) is 13.1 Å². The van der Waals surface area contributed by atoms with E-state index in [1.165, 1.54) is 25.1 Å². The summed E-state index contributed by atoms with van der Waals surface area (Å²) in [6.07, 6.45) is 14.4. The topological polar surface area (TPSA) is 60.2 Å². The Kier molecular flexibility index (Phi) is 8.94. The lowest BCUT2D eigenvalue weighted by molar-refractivity contribution is 0.123. The van der Waals surface area contributed by atoms with Crippen molar-refractivity contribution in [1.29, 1.82) is 0 Å². The van der Waals surface area contributed by atoms with Crippen molar-refractivity contribution < 1.29 is 13.9 Å². The first-order valence-corrected chi connectivity index (χ1v) is 17.6. The number of alkyl halides is 1. The molecule has 4 aliphatic heterocycles. The van der Waals surface area contributed by atoms with Crippen molar-refractivity contribution in [2.24, 2.45) is 33.7 Å². The van der Waals surface area contributed by atoms with Crippen LogP contribution in [0.3, 0.4) is 0 Å². The van der Waals surface area contributed by atoms with Crippen molar-refractivity contribution in [3.05, 3.63) is 93.9 Å². The molecule has 1 aromatic rings. The van der Waals surface area contributed by atoms with E-state index in [1.54, 1.807) is 17.8 Å². The highest BCUT2D eigenvalue weighted by Gasteiger charge is 2.47. The number of aliphatic hydroxyl groups excluding tert-OH is 1. The number of nitrogens with one attached hydrogen (secondary N) is 1. The molecule has 45 heavy (non-hydrogen) atoms. The average Bonchev–Trinajstić information content (AvgIpc) is 3.85. The van der Waals surface area contributed by atoms with E-state index in [2.05, 4.69) is 34.4 Å². The van der Waals surface area contributed by atoms with Gasteiger partial charge in [0.1, 0.15) is 23.9 Å². The van der Waals surface area contributed by atoms with E-state index in [4.69, 9.17) is 21.6 Å². The smallest absolute Gasteiger partial charge is 0.124 e. The molecule has 2 N–H and O–H groups in total. The molecule has 0 spiro atoms. The normalized spacial score (nSPS) is 34.1. The molecular weight excluding hydrogens is 610 g/mol. The lowest BCUT2D eigenvalue weighted by Crippen LogP contribution is -2.40. The Balaban J connectivity index is 1.22. The standard InChI is InChI=1S/C36H41ClF2N4OS/c1-3-21(12-13-40-30-16-22-6-9-27(30)35(22)44)23-17-31-33(29-11-8-25(41-29)15-20(2)38)34(26-10-7-24(39)18-28(26)37)42-36(43(31)19-23)32-5-4-14-45-32/h3-4,7-8,10-11,14-15,18,20-23,27,30,32,34-35,40,44H,1,5-6,9,12-13,16-17,19H2,2H3/b25-15-/t20?,21?,22?,23-,27?,30?,32?,34-,35?/m0/s1. The highest BCUT2D eigenvalue weighted by atomic mass is 35.5. The number of nitrogens with zero attached hydrogens (tertiary/aromatic N) is 3. The fourth-order valence-corrected chi connectivity index (χ4v) is 9.59. The molecule has 3 fully saturated rings. The zero-order valence-electron chi connectivity index (χ0n) is 25.6. The van der Waals surface area contributed by atoms with Crippen LogP contribution >= 0.6 is 23.4 Å². The molecule has 238 valence electrons. The molecule has 2 aliphatic carbocycles. The number of aliphatic imine (C=N–C) groups is 2. The molecule has 7 rings (SSSR count). The molecule has 0 aromatic heterocycles. The molecule has 0 radical (unpaired) electrons. The molecule has 1 aromatic carbocycles. The Morgan fingerprint density at radius 2 is 2.16 bits per heavy atom. The van der Waals surface area contributed by atoms with E-state index in [9.17, 15) is 13.9 Å². The van der Waals surface area contributed by atoms with E-state index in [-0.39, 0.29) is 17.3 Å². The van der Waals surface area contributed by atoms with Gasteiger partial charge in [-0.2, -0.15) is 0 Å². The minimum Gasteiger partial charge on any atom is -0.392 e. The Bertz CT molecular complexity index is 1520. The summed E-state index contributed by atoms with van der Waals surface area (Å²) in [5, 5.41) is 17.0. The van der Waals surface area contributed by atoms with E-state index in [0.29, 0.717) is 34.5 Å². The first kappa shape index (κ1) is 31.1. The van der Waals surface area contributed by atoms with Crippen LogP contribution in [0, 0.1) is 29.5 Å². The SMILES string of the molecule is C=CC(CCNC1CC2CCC1C2O)[C@H]1CC2=C(C3=N/C(=C\C(C)F)C=C3)[C@H](c3ccc(F)cc3Cl)N=C(C3CC=CS3)N2C1. The van der Waals surface area contributed by atoms with E-state index in [0.717, 1.165) is 80.0 Å². The summed E-state index contributed by atoms with van der Waals surface area (Å²) in [5.41, 5.74) is 4.19. The third-order valence-corrected chi connectivity index (χ3v) is 12.0. The van der Waals surface area contributed by atoms with E-state index >= 15 is 0 Å². The van der Waals surface area contributed by atoms with Gasteiger partial charge in [0.25, 0.3) is 0 Å². The third-order valence-electron chi connectivity index (χ3n) is 10.6. The number of halogens is 3. The first-order valence-electron chi connectivity index (χ1n) is 16.3. The van der Waals surface area contributed by atoms with Crippen LogP contribution in [0.4, 0.5) is 8.78 Å². The minimum atomic E-state index is -1.12. The molecule has 2 bridgehead atoms. The van der Waals surface area contributed by atoms with Gasteiger partial charge in [-0.15, -0.1) is 18.3 Å². The van der Waals surface area contributed by atoms with Crippen LogP contribution in [0.25, 0.3) is 0 Å². The number of benzene rings is 1. The highest BCUT2D eigenvalue weighted by molar-refractivity contribution is 8.03. The van der Waals surface area contributed by atoms with Gasteiger partial charge in [-0.3, -0.25) is 4.99 Å². The lowest BCUT2D eigenvalue weighted by Gasteiger charge is -2.35. The van der Waals surface area contributed by atoms with Crippen molar-refractivity contribution >= 4 is 34.9 Å². The number of aliphatic hydroxyl groups is 1. The van der Waals surface area contributed by atoms with Crippen molar-refractivity contribution in [2.45, 2.75) is 75.1 Å². The number of thioether (sulfide) groups is 1. The summed E-state index contributed by atoms with van der Waals surface area (Å²) in [5.74, 6) is 2.07. The van der Waals surface area contributed by atoms with Crippen molar-refractivity contribution in [3.63, 3.8) is 0 Å². The summed E-state index contributed by atoms with van der Waals surface area (Å²) in [7, 11) is 0. The zero-order valence-corrected chi connectivity index (χ0v) is 27.2. The van der Waals surface area contributed by atoms with E-state index < -0.39 is 18.0 Å². The van der Waals surface area contributed by atoms with Gasteiger partial charge < -0.3 is 15.3 Å². The number of fused-ring (bicyclic) bond motifs is 3. The first-order chi connectivity index (χ1) is 21.8. The molecule has 4 heterocycles. The Hall–Kier alpha value is -2.52. The second-order valence-electron chi connectivity index (χ2n) is 13.3. The maximum Gasteiger partial charge on any atom is 0.124 e. The fourth-order valence-electron chi connectivity index (χ4n) is 8.38. The van der Waals surface area contributed by atoms with Crippen LogP contribution in [-0.2, 0) is 0 Å². The molecule has 2 saturated carbocycles. The Labute approximate surface area is 274 Å². The monoisotopic (exact) mass is 650 g/mol. The molecule has 5 nitrogen and oxygen atoms in total. The summed E-state index contributed by atoms with van der Waals surface area (Å²) in [6.45, 7) is 7.47. The molecule has 9 atom stereocenters. The van der Waals surface area contributed by atoms with Gasteiger partial charge in [0.05, 0.1) is 22.8 Å². The Morgan fingerprint density at radius 1 is 1.29 bits per heavy atom. The second-order valence-corrected chi connectivity index (χ2v) is 14.8. The largest absolute Gasteiger partial charge is 0.392 e. The number of amidine groups is 1.